The molecule has 9 fully saturated rings. The predicted octanol–water partition coefficient (Wildman–Crippen LogP) is 6.40. The molecule has 13 rings (SSSR count). The molecule has 11 nitrogen and oxygen atoms in total. The normalized spacial score (nSPS) is 59.8. The second-order valence-corrected chi connectivity index (χ2v) is 26.8. The second-order valence-electron chi connectivity index (χ2n) is 26.8. The Morgan fingerprint density at radius 2 is 1.34 bits per heavy atom. The van der Waals surface area contributed by atoms with Crippen LogP contribution < -0.4 is 0 Å². The van der Waals surface area contributed by atoms with Gasteiger partial charge in [0, 0.05) is 47.3 Å². The number of nitrogens with zero attached hydrogens (tertiary/aromatic N) is 2. The highest BCUT2D eigenvalue weighted by molar-refractivity contribution is 5.43. The van der Waals surface area contributed by atoms with E-state index < -0.39 is 52.4 Å². The van der Waals surface area contributed by atoms with E-state index in [1.54, 1.807) is 6.92 Å². The van der Waals surface area contributed by atoms with Crippen molar-refractivity contribution in [1.29, 1.82) is 0 Å². The summed E-state index contributed by atoms with van der Waals surface area (Å²) in [6, 6.07) is 0. The van der Waals surface area contributed by atoms with Crippen molar-refractivity contribution in [3.63, 3.8) is 0 Å². The first kappa shape index (κ1) is 43.5. The molecule has 8 aliphatic carbocycles. The summed E-state index contributed by atoms with van der Waals surface area (Å²) >= 11 is 0. The fourth-order valence-electron chi connectivity index (χ4n) is 19.9. The van der Waals surface area contributed by atoms with Crippen LogP contribution in [0.3, 0.4) is 0 Å². The summed E-state index contributed by atoms with van der Waals surface area (Å²) in [7, 11) is 0. The van der Waals surface area contributed by atoms with Gasteiger partial charge in [-0.1, -0.05) is 53.2 Å². The van der Waals surface area contributed by atoms with Gasteiger partial charge >= 0.3 is 0 Å². The number of fused-ring (bicyclic) bond motifs is 16. The lowest BCUT2D eigenvalue weighted by Gasteiger charge is -2.62. The van der Waals surface area contributed by atoms with Crippen molar-refractivity contribution >= 4 is 0 Å². The summed E-state index contributed by atoms with van der Waals surface area (Å²) in [4.78, 5) is 11.2. The van der Waals surface area contributed by atoms with Crippen LogP contribution in [0.2, 0.25) is 0 Å². The molecule has 1 aromatic rings. The Labute approximate surface area is 386 Å². The molecule has 0 bridgehead atoms. The van der Waals surface area contributed by atoms with E-state index in [9.17, 15) is 25.5 Å². The van der Waals surface area contributed by atoms with E-state index in [4.69, 9.17) is 28.9 Å². The highest BCUT2D eigenvalue weighted by atomic mass is 16.7. The smallest absolute Gasteiger partial charge is 0.174 e. The molecule has 65 heavy (non-hydrogen) atoms. The third-order valence-corrected chi connectivity index (χ3v) is 23.7. The van der Waals surface area contributed by atoms with Crippen molar-refractivity contribution in [2.75, 3.05) is 6.61 Å². The van der Waals surface area contributed by atoms with Gasteiger partial charge in [-0.3, -0.25) is 9.97 Å². The lowest BCUT2D eigenvalue weighted by atomic mass is 9.43. The van der Waals surface area contributed by atoms with E-state index in [-0.39, 0.29) is 64.3 Å². The van der Waals surface area contributed by atoms with Crippen molar-refractivity contribution in [1.82, 2.24) is 9.97 Å². The lowest BCUT2D eigenvalue weighted by Crippen LogP contribution is -2.66. The Balaban J connectivity index is 0.767. The maximum atomic E-state index is 12.9. The average molecular weight is 899 g/mol. The van der Waals surface area contributed by atoms with E-state index in [0.717, 1.165) is 74.0 Å². The Morgan fingerprint density at radius 1 is 0.677 bits per heavy atom. The monoisotopic (exact) mass is 899 g/mol. The van der Waals surface area contributed by atoms with Crippen molar-refractivity contribution < 1.29 is 44.5 Å². The van der Waals surface area contributed by atoms with Gasteiger partial charge in [0.1, 0.15) is 11.7 Å². The standard InChI is InChI=1S/C54H78N2O9/c1-26-45-40(63-52(26)14-12-46(3,4)65-52)19-32-30-11-10-28-16-35-37(23-48(28,6)31(30)20-41(58)50(32,45)8)56-36-17-29-18-39(57)44-33(49(29,7)24-38(36)55-35)21-42(59)51(9)34(44)22-43-54(51,61)27(2)53(64-43)15-13-47(5,60)25-62-53/h22,26-33,39-45,57-61H,10-21,23-25H2,1-9H3/t26-,27+,28-,29+,30+,31-,32+,33-,39-,40-,41+,42+,43-,44+,45-,47-,48-,49-,50+,51+,52?,53+,54+/m0/s1. The molecular formula is C54H78N2O9. The van der Waals surface area contributed by atoms with Gasteiger partial charge in [-0.25, -0.2) is 0 Å². The SMILES string of the molecule is C[C@@H]1[C@@]2(CC[C@](C)(O)CO2)O[C@H]2C=C3[C@@H]4[C@@H](O)C[C@H]5Cc6nc7c(nc6C[C@]5(C)[C@H]4C[C@@H](O)[C@]3(C)[C@]21O)C[C@@H]1CC[C@H]2[C@H]3C[C@@H]4OC5(CCC(C)(C)O5)[C@@H](C)[C@@H]4[C@@]3(C)[C@H](O)C[C@@H]2[C@@]1(C)C7. The van der Waals surface area contributed by atoms with Gasteiger partial charge < -0.3 is 44.5 Å². The molecule has 2 spiro atoms. The van der Waals surface area contributed by atoms with Crippen LogP contribution >= 0.6 is 0 Å². The quantitative estimate of drug-likeness (QED) is 0.183. The van der Waals surface area contributed by atoms with Crippen LogP contribution in [0.5, 0.6) is 0 Å². The average Bonchev–Trinajstić information content (AvgIpc) is 3.94. The third-order valence-electron chi connectivity index (χ3n) is 23.7. The Morgan fingerprint density at radius 3 is 2.00 bits per heavy atom. The molecule has 1 aromatic heterocycles. The summed E-state index contributed by atoms with van der Waals surface area (Å²) < 4.78 is 26.8. The van der Waals surface area contributed by atoms with Gasteiger partial charge in [-0.2, -0.15) is 0 Å². The molecule has 0 aromatic carbocycles. The van der Waals surface area contributed by atoms with Crippen molar-refractivity contribution in [3.05, 3.63) is 34.4 Å². The van der Waals surface area contributed by atoms with E-state index in [1.807, 2.05) is 19.9 Å². The van der Waals surface area contributed by atoms with E-state index in [0.29, 0.717) is 55.3 Å². The van der Waals surface area contributed by atoms with Gasteiger partial charge in [0.2, 0.25) is 0 Å². The highest BCUT2D eigenvalue weighted by Gasteiger charge is 2.78. The maximum Gasteiger partial charge on any atom is 0.174 e. The fourth-order valence-corrected chi connectivity index (χ4v) is 19.9. The summed E-state index contributed by atoms with van der Waals surface area (Å²) in [6.45, 7) is 19.9. The molecule has 4 saturated heterocycles. The van der Waals surface area contributed by atoms with Crippen LogP contribution in [0.1, 0.15) is 149 Å². The predicted molar refractivity (Wildman–Crippen MR) is 240 cm³/mol. The van der Waals surface area contributed by atoms with Crippen LogP contribution in [0.4, 0.5) is 0 Å². The van der Waals surface area contributed by atoms with Gasteiger partial charge in [-0.05, 0) is 144 Å². The van der Waals surface area contributed by atoms with Gasteiger partial charge in [0.05, 0.1) is 65.0 Å². The minimum Gasteiger partial charge on any atom is -0.393 e. The number of hydrogen-bond acceptors (Lipinski definition) is 11. The Kier molecular flexibility index (Phi) is 8.73. The maximum absolute atomic E-state index is 12.9. The van der Waals surface area contributed by atoms with Crippen LogP contribution in [-0.4, -0.2) is 101 Å². The van der Waals surface area contributed by atoms with Crippen LogP contribution in [-0.2, 0) is 44.6 Å². The molecular weight excluding hydrogens is 821 g/mol. The number of aliphatic hydroxyl groups is 5. The molecule has 5 saturated carbocycles. The zero-order valence-electron chi connectivity index (χ0n) is 40.6. The van der Waals surface area contributed by atoms with Crippen molar-refractivity contribution in [2.24, 2.45) is 80.8 Å². The van der Waals surface area contributed by atoms with Gasteiger partial charge in [0.25, 0.3) is 0 Å². The van der Waals surface area contributed by atoms with Crippen LogP contribution in [0.25, 0.3) is 0 Å². The molecule has 5 heterocycles. The zero-order valence-corrected chi connectivity index (χ0v) is 40.6. The topological polar surface area (TPSA) is 164 Å². The van der Waals surface area contributed by atoms with E-state index >= 15 is 0 Å². The van der Waals surface area contributed by atoms with Crippen LogP contribution in [0.15, 0.2) is 11.6 Å². The third kappa shape index (κ3) is 5.20. The molecule has 5 N–H and O–H groups in total. The molecule has 358 valence electrons. The Hall–Kier alpha value is -1.54. The Bertz CT molecular complexity index is 2240. The number of aromatic nitrogens is 2. The molecule has 0 radical (unpaired) electrons. The first-order valence-corrected chi connectivity index (χ1v) is 26.2. The number of hydrogen-bond donors (Lipinski definition) is 5. The largest absolute Gasteiger partial charge is 0.393 e. The molecule has 12 aliphatic rings. The molecule has 23 atom stereocenters. The van der Waals surface area contributed by atoms with Crippen molar-refractivity contribution in [2.45, 2.75) is 211 Å². The highest BCUT2D eigenvalue weighted by Crippen LogP contribution is 2.73. The minimum atomic E-state index is -1.42. The molecule has 1 unspecified atom stereocenters. The molecule has 11 heteroatoms. The lowest BCUT2D eigenvalue weighted by molar-refractivity contribution is -0.289. The van der Waals surface area contributed by atoms with Crippen molar-refractivity contribution in [3.8, 4) is 0 Å². The summed E-state index contributed by atoms with van der Waals surface area (Å²) in [5.41, 5.74) is 1.52. The van der Waals surface area contributed by atoms with E-state index in [2.05, 4.69) is 41.5 Å². The van der Waals surface area contributed by atoms with Gasteiger partial charge in [-0.15, -0.1) is 0 Å². The number of aliphatic hydroxyl groups excluding tert-OH is 3. The van der Waals surface area contributed by atoms with Gasteiger partial charge in [0.15, 0.2) is 11.6 Å². The zero-order chi connectivity index (χ0) is 45.6. The van der Waals surface area contributed by atoms with Crippen LogP contribution in [0, 0.1) is 80.8 Å². The first-order valence-electron chi connectivity index (χ1n) is 26.2. The molecule has 0 amide bonds. The number of ether oxygens (including phenoxy) is 4. The summed E-state index contributed by atoms with van der Waals surface area (Å²) in [5, 5.41) is 60.9. The fraction of sp³-hybridized carbons (Fsp3) is 0.889. The first-order chi connectivity index (χ1) is 30.4. The number of rotatable bonds is 0. The van der Waals surface area contributed by atoms with E-state index in [1.165, 1.54) is 18.5 Å². The second kappa shape index (κ2) is 13.0. The summed E-state index contributed by atoms with van der Waals surface area (Å²) in [6.07, 6.45) is 11.3. The summed E-state index contributed by atoms with van der Waals surface area (Å²) in [5.74, 6) is 0.428. The molecule has 4 aliphatic heterocycles. The minimum absolute atomic E-state index is 0.00200.